The van der Waals surface area contributed by atoms with Crippen LogP contribution in [-0.2, 0) is 0 Å². The molecule has 0 aliphatic carbocycles. The number of nitrogens with zero attached hydrogens (tertiary/aromatic N) is 1. The third-order valence-corrected chi connectivity index (χ3v) is 1.94. The molecule has 1 aromatic rings. The molecular formula is C9H5BrFN. The topological polar surface area (TPSA) is 23.8 Å². The van der Waals surface area contributed by atoms with E-state index >= 15 is 0 Å². The second-order valence-corrected chi connectivity index (χ2v) is 2.99. The van der Waals surface area contributed by atoms with Gasteiger partial charge >= 0.3 is 0 Å². The maximum Gasteiger partial charge on any atom is 0.137 e. The van der Waals surface area contributed by atoms with E-state index in [9.17, 15) is 4.39 Å². The number of hydrogen-bond acceptors (Lipinski definition) is 1. The van der Waals surface area contributed by atoms with E-state index in [0.717, 1.165) is 0 Å². The fourth-order valence-corrected chi connectivity index (χ4v) is 0.996. The average molecular weight is 226 g/mol. The van der Waals surface area contributed by atoms with Gasteiger partial charge in [0.1, 0.15) is 5.82 Å². The fraction of sp³-hybridized carbons (Fsp3) is 0. The number of nitriles is 1. The molecule has 12 heavy (non-hydrogen) atoms. The van der Waals surface area contributed by atoms with Gasteiger partial charge in [0, 0.05) is 6.08 Å². The van der Waals surface area contributed by atoms with Crippen LogP contribution in [0, 0.1) is 17.1 Å². The first-order chi connectivity index (χ1) is 5.74. The van der Waals surface area contributed by atoms with Crippen LogP contribution in [0.2, 0.25) is 0 Å². The van der Waals surface area contributed by atoms with Gasteiger partial charge < -0.3 is 0 Å². The van der Waals surface area contributed by atoms with Crippen LogP contribution in [0.15, 0.2) is 28.7 Å². The second-order valence-electron chi connectivity index (χ2n) is 2.14. The minimum Gasteiger partial charge on any atom is -0.206 e. The monoisotopic (exact) mass is 225 g/mol. The zero-order valence-corrected chi connectivity index (χ0v) is 7.68. The minimum atomic E-state index is -0.324. The van der Waals surface area contributed by atoms with Gasteiger partial charge in [0.2, 0.25) is 0 Å². The lowest BCUT2D eigenvalue weighted by Gasteiger charge is -1.94. The van der Waals surface area contributed by atoms with Crippen molar-refractivity contribution in [3.8, 4) is 6.07 Å². The summed E-state index contributed by atoms with van der Waals surface area (Å²) >= 11 is 3.03. The molecule has 1 nitrogen and oxygen atoms in total. The third kappa shape index (κ3) is 2.18. The Hall–Kier alpha value is -1.14. The van der Waals surface area contributed by atoms with Crippen molar-refractivity contribution in [3.05, 3.63) is 40.1 Å². The van der Waals surface area contributed by atoms with Gasteiger partial charge in [-0.3, -0.25) is 0 Å². The maximum atomic E-state index is 12.8. The summed E-state index contributed by atoms with van der Waals surface area (Å²) in [5.41, 5.74) is 0.678. The molecule has 1 aromatic carbocycles. The summed E-state index contributed by atoms with van der Waals surface area (Å²) < 4.78 is 13.3. The highest BCUT2D eigenvalue weighted by atomic mass is 79.9. The SMILES string of the molecule is N#CC=Cc1ccc(Br)c(F)c1. The van der Waals surface area contributed by atoms with E-state index < -0.39 is 0 Å². The first-order valence-corrected chi connectivity index (χ1v) is 4.04. The van der Waals surface area contributed by atoms with Crippen molar-refractivity contribution in [1.29, 1.82) is 5.26 Å². The van der Waals surface area contributed by atoms with E-state index in [1.54, 1.807) is 18.2 Å². The molecule has 0 fully saturated rings. The van der Waals surface area contributed by atoms with E-state index in [0.29, 0.717) is 10.0 Å². The van der Waals surface area contributed by atoms with E-state index in [1.807, 2.05) is 6.07 Å². The lowest BCUT2D eigenvalue weighted by molar-refractivity contribution is 0.621. The van der Waals surface area contributed by atoms with Crippen LogP contribution in [0.5, 0.6) is 0 Å². The number of allylic oxidation sites excluding steroid dienone is 1. The van der Waals surface area contributed by atoms with E-state index in [-0.39, 0.29) is 5.82 Å². The molecule has 0 bridgehead atoms. The zero-order chi connectivity index (χ0) is 8.97. The van der Waals surface area contributed by atoms with E-state index in [1.165, 1.54) is 12.1 Å². The lowest BCUT2D eigenvalue weighted by Crippen LogP contribution is -1.78. The quantitative estimate of drug-likeness (QED) is 0.675. The van der Waals surface area contributed by atoms with Crippen LogP contribution in [-0.4, -0.2) is 0 Å². The Bertz CT molecular complexity index is 352. The van der Waals surface area contributed by atoms with Crippen LogP contribution in [0.3, 0.4) is 0 Å². The molecule has 0 unspecified atom stereocenters. The average Bonchev–Trinajstić information content (AvgIpc) is 2.07. The van der Waals surface area contributed by atoms with Crippen molar-refractivity contribution in [2.24, 2.45) is 0 Å². The summed E-state index contributed by atoms with van der Waals surface area (Å²) in [5, 5.41) is 8.21. The third-order valence-electron chi connectivity index (χ3n) is 1.29. The van der Waals surface area contributed by atoms with Crippen molar-refractivity contribution >= 4 is 22.0 Å². The number of halogens is 2. The van der Waals surface area contributed by atoms with Gasteiger partial charge in [-0.05, 0) is 39.7 Å². The van der Waals surface area contributed by atoms with Crippen LogP contribution in [0.4, 0.5) is 4.39 Å². The Kier molecular flexibility index (Phi) is 3.01. The molecule has 0 heterocycles. The van der Waals surface area contributed by atoms with Gasteiger partial charge in [-0.2, -0.15) is 5.26 Å². The summed E-state index contributed by atoms with van der Waals surface area (Å²) in [7, 11) is 0. The van der Waals surface area contributed by atoms with Gasteiger partial charge in [0.05, 0.1) is 10.5 Å². The van der Waals surface area contributed by atoms with E-state index in [4.69, 9.17) is 5.26 Å². The van der Waals surface area contributed by atoms with Crippen LogP contribution < -0.4 is 0 Å². The lowest BCUT2D eigenvalue weighted by atomic mass is 10.2. The molecule has 60 valence electrons. The van der Waals surface area contributed by atoms with Gasteiger partial charge in [-0.15, -0.1) is 0 Å². The van der Waals surface area contributed by atoms with Crippen molar-refractivity contribution in [3.63, 3.8) is 0 Å². The molecule has 0 amide bonds. The fourth-order valence-electron chi connectivity index (χ4n) is 0.750. The summed E-state index contributed by atoms with van der Waals surface area (Å²) in [6.45, 7) is 0. The van der Waals surface area contributed by atoms with Crippen LogP contribution >= 0.6 is 15.9 Å². The molecule has 0 N–H and O–H groups in total. The molecule has 0 atom stereocenters. The van der Waals surface area contributed by atoms with Gasteiger partial charge in [0.25, 0.3) is 0 Å². The summed E-state index contributed by atoms with van der Waals surface area (Å²) in [6.07, 6.45) is 2.86. The molecular weight excluding hydrogens is 221 g/mol. The first kappa shape index (κ1) is 8.95. The molecule has 0 aliphatic heterocycles. The number of benzene rings is 1. The molecule has 0 saturated carbocycles. The highest BCUT2D eigenvalue weighted by molar-refractivity contribution is 9.10. The summed E-state index contributed by atoms with van der Waals surface area (Å²) in [6, 6.07) is 6.52. The predicted octanol–water partition coefficient (Wildman–Crippen LogP) is 3.12. The second kappa shape index (κ2) is 4.03. The Morgan fingerprint density at radius 1 is 1.50 bits per heavy atom. The standard InChI is InChI=1S/C9H5BrFN/c10-8-4-3-7(2-1-5-12)6-9(8)11/h1-4,6H. The van der Waals surface area contributed by atoms with Crippen molar-refractivity contribution in [2.75, 3.05) is 0 Å². The van der Waals surface area contributed by atoms with E-state index in [2.05, 4.69) is 15.9 Å². The maximum absolute atomic E-state index is 12.8. The molecule has 1 rings (SSSR count). The molecule has 0 aliphatic rings. The van der Waals surface area contributed by atoms with Crippen LogP contribution in [0.1, 0.15) is 5.56 Å². The highest BCUT2D eigenvalue weighted by Crippen LogP contribution is 2.16. The summed E-state index contributed by atoms with van der Waals surface area (Å²) in [4.78, 5) is 0. The Morgan fingerprint density at radius 3 is 2.83 bits per heavy atom. The predicted molar refractivity (Wildman–Crippen MR) is 48.7 cm³/mol. The molecule has 3 heteroatoms. The molecule has 0 aromatic heterocycles. The van der Waals surface area contributed by atoms with Gasteiger partial charge in [-0.1, -0.05) is 6.07 Å². The van der Waals surface area contributed by atoms with Crippen LogP contribution in [0.25, 0.3) is 6.08 Å². The normalized spacial score (nSPS) is 10.1. The Morgan fingerprint density at radius 2 is 2.25 bits per heavy atom. The first-order valence-electron chi connectivity index (χ1n) is 3.25. The van der Waals surface area contributed by atoms with Crippen molar-refractivity contribution in [2.45, 2.75) is 0 Å². The Balaban J connectivity index is 2.99. The largest absolute Gasteiger partial charge is 0.206 e. The van der Waals surface area contributed by atoms with Gasteiger partial charge in [0.15, 0.2) is 0 Å². The van der Waals surface area contributed by atoms with Gasteiger partial charge in [-0.25, -0.2) is 4.39 Å². The smallest absolute Gasteiger partial charge is 0.137 e. The highest BCUT2D eigenvalue weighted by Gasteiger charge is 1.96. The molecule has 0 spiro atoms. The van der Waals surface area contributed by atoms with Crippen molar-refractivity contribution < 1.29 is 4.39 Å². The number of hydrogen-bond donors (Lipinski definition) is 0. The molecule has 0 saturated heterocycles. The summed E-state index contributed by atoms with van der Waals surface area (Å²) in [5.74, 6) is -0.324. The number of rotatable bonds is 1. The van der Waals surface area contributed by atoms with Crippen molar-refractivity contribution in [1.82, 2.24) is 0 Å². The minimum absolute atomic E-state index is 0.324. The molecule has 0 radical (unpaired) electrons. The Labute approximate surface area is 78.3 Å². The zero-order valence-electron chi connectivity index (χ0n) is 6.09.